The lowest BCUT2D eigenvalue weighted by Crippen LogP contribution is -1.89. The van der Waals surface area contributed by atoms with E-state index in [0.717, 1.165) is 5.56 Å². The normalized spacial score (nSPS) is 9.23. The number of nitriles is 1. The summed E-state index contributed by atoms with van der Waals surface area (Å²) in [5.74, 6) is 0. The summed E-state index contributed by atoms with van der Waals surface area (Å²) < 4.78 is 0. The van der Waals surface area contributed by atoms with Gasteiger partial charge in [-0.15, -0.1) is 0 Å². The number of carbonyl (C=O) groups is 1. The lowest BCUT2D eigenvalue weighted by molar-refractivity contribution is 0.108. The minimum Gasteiger partial charge on any atom is -0.276 e. The summed E-state index contributed by atoms with van der Waals surface area (Å²) in [5, 5.41) is 7.89. The molecule has 0 radical (unpaired) electrons. The fraction of sp³-hybridized carbons (Fsp3) is 0.200. The lowest BCUT2D eigenvalue weighted by atomic mass is 10.1. The fourth-order valence-electron chi connectivity index (χ4n) is 1.00. The van der Waals surface area contributed by atoms with Crippen LogP contribution in [0.3, 0.4) is 0 Å². The maximum Gasteiger partial charge on any atom is 0.252 e. The third-order valence-electron chi connectivity index (χ3n) is 1.71. The Balaban J connectivity index is 2.71. The Hall–Kier alpha value is -1.33. The van der Waals surface area contributed by atoms with Crippen molar-refractivity contribution < 1.29 is 4.79 Å². The van der Waals surface area contributed by atoms with Crippen LogP contribution in [0, 0.1) is 11.3 Å². The maximum atomic E-state index is 10.7. The summed E-state index contributed by atoms with van der Waals surface area (Å²) in [4.78, 5) is 10.7. The summed E-state index contributed by atoms with van der Waals surface area (Å²) in [5.41, 5.74) is 1.53. The maximum absolute atomic E-state index is 10.7. The number of carbonyl (C=O) groups excluding carboxylic acids is 1. The molecule has 0 atom stereocenters. The van der Waals surface area contributed by atoms with Crippen molar-refractivity contribution in [3.05, 3.63) is 35.4 Å². The van der Waals surface area contributed by atoms with Crippen LogP contribution < -0.4 is 0 Å². The second kappa shape index (κ2) is 4.64. The number of aryl methyl sites for hydroxylation is 1. The van der Waals surface area contributed by atoms with E-state index in [4.69, 9.17) is 16.9 Å². The monoisotopic (exact) mass is 193 g/mol. The molecule has 0 heterocycles. The van der Waals surface area contributed by atoms with Crippen LogP contribution in [-0.2, 0) is 6.42 Å². The number of nitrogens with zero attached hydrogens (tertiary/aromatic N) is 1. The van der Waals surface area contributed by atoms with E-state index in [1.165, 1.54) is 0 Å². The van der Waals surface area contributed by atoms with E-state index in [1.54, 1.807) is 12.1 Å². The highest BCUT2D eigenvalue weighted by atomic mass is 35.5. The van der Waals surface area contributed by atoms with Gasteiger partial charge in [-0.05, 0) is 35.7 Å². The van der Waals surface area contributed by atoms with Gasteiger partial charge in [0, 0.05) is 12.0 Å². The van der Waals surface area contributed by atoms with Crippen LogP contribution in [0.25, 0.3) is 0 Å². The summed E-state index contributed by atoms with van der Waals surface area (Å²) in [6.45, 7) is 0. The molecule has 0 saturated heterocycles. The molecule has 0 saturated carbocycles. The molecule has 0 N–H and O–H groups in total. The van der Waals surface area contributed by atoms with Gasteiger partial charge in [-0.25, -0.2) is 0 Å². The van der Waals surface area contributed by atoms with Crippen molar-refractivity contribution in [2.45, 2.75) is 12.8 Å². The number of rotatable bonds is 3. The molecule has 1 aromatic rings. The third kappa shape index (κ3) is 2.89. The number of benzene rings is 1. The molecular formula is C10H8ClNO. The molecule has 2 nitrogen and oxygen atoms in total. The molecule has 1 rings (SSSR count). The molecule has 1 aromatic carbocycles. The van der Waals surface area contributed by atoms with Crippen molar-refractivity contribution in [2.24, 2.45) is 0 Å². The SMILES string of the molecule is N#CCCc1ccc(C(=O)Cl)cc1. The molecule has 66 valence electrons. The molecular weight excluding hydrogens is 186 g/mol. The Kier molecular flexibility index (Phi) is 3.48. The fourth-order valence-corrected chi connectivity index (χ4v) is 1.13. The summed E-state index contributed by atoms with van der Waals surface area (Å²) >= 11 is 5.27. The quantitative estimate of drug-likeness (QED) is 0.693. The standard InChI is InChI=1S/C10H8ClNO/c11-10(13)9-5-3-8(4-6-9)2-1-7-12/h3-6H,1-2H2. The number of halogens is 1. The zero-order chi connectivity index (χ0) is 9.68. The molecule has 0 bridgehead atoms. The molecule has 13 heavy (non-hydrogen) atoms. The molecule has 0 aromatic heterocycles. The first kappa shape index (κ1) is 9.76. The smallest absolute Gasteiger partial charge is 0.252 e. The van der Waals surface area contributed by atoms with Gasteiger partial charge in [-0.2, -0.15) is 5.26 Å². The highest BCUT2D eigenvalue weighted by molar-refractivity contribution is 6.67. The van der Waals surface area contributed by atoms with Gasteiger partial charge in [0.2, 0.25) is 0 Å². The molecule has 0 amide bonds. The molecule has 0 fully saturated rings. The molecule has 0 aliphatic carbocycles. The first-order chi connectivity index (χ1) is 6.24. The van der Waals surface area contributed by atoms with Gasteiger partial charge < -0.3 is 0 Å². The molecule has 3 heteroatoms. The Morgan fingerprint density at radius 1 is 1.38 bits per heavy atom. The van der Waals surface area contributed by atoms with Crippen molar-refractivity contribution in [2.75, 3.05) is 0 Å². The lowest BCUT2D eigenvalue weighted by Gasteiger charge is -1.97. The van der Waals surface area contributed by atoms with Gasteiger partial charge in [0.15, 0.2) is 0 Å². The van der Waals surface area contributed by atoms with Crippen LogP contribution in [0.4, 0.5) is 0 Å². The highest BCUT2D eigenvalue weighted by Crippen LogP contribution is 2.08. The summed E-state index contributed by atoms with van der Waals surface area (Å²) in [6.07, 6.45) is 1.21. The van der Waals surface area contributed by atoms with Crippen LogP contribution in [0.2, 0.25) is 0 Å². The molecule has 0 aliphatic heterocycles. The zero-order valence-corrected chi connectivity index (χ0v) is 7.71. The van der Waals surface area contributed by atoms with E-state index in [9.17, 15) is 4.79 Å². The minimum atomic E-state index is -0.452. The highest BCUT2D eigenvalue weighted by Gasteiger charge is 2.00. The van der Waals surface area contributed by atoms with E-state index in [1.807, 2.05) is 12.1 Å². The Labute approximate surface area is 81.7 Å². The van der Waals surface area contributed by atoms with Crippen molar-refractivity contribution in [3.63, 3.8) is 0 Å². The van der Waals surface area contributed by atoms with Gasteiger partial charge in [0.1, 0.15) is 0 Å². The van der Waals surface area contributed by atoms with Crippen molar-refractivity contribution in [1.29, 1.82) is 5.26 Å². The first-order valence-electron chi connectivity index (χ1n) is 3.90. The van der Waals surface area contributed by atoms with Crippen LogP contribution in [0.15, 0.2) is 24.3 Å². The minimum absolute atomic E-state index is 0.452. The van der Waals surface area contributed by atoms with Crippen molar-refractivity contribution in [1.82, 2.24) is 0 Å². The number of hydrogen-bond acceptors (Lipinski definition) is 2. The van der Waals surface area contributed by atoms with E-state index in [-0.39, 0.29) is 0 Å². The van der Waals surface area contributed by atoms with E-state index in [0.29, 0.717) is 18.4 Å². The molecule has 0 unspecified atom stereocenters. The Morgan fingerprint density at radius 2 is 2.00 bits per heavy atom. The van der Waals surface area contributed by atoms with E-state index in [2.05, 4.69) is 6.07 Å². The second-order valence-corrected chi connectivity index (χ2v) is 2.97. The van der Waals surface area contributed by atoms with Crippen molar-refractivity contribution in [3.8, 4) is 6.07 Å². The number of hydrogen-bond donors (Lipinski definition) is 0. The third-order valence-corrected chi connectivity index (χ3v) is 1.92. The van der Waals surface area contributed by atoms with Crippen LogP contribution >= 0.6 is 11.6 Å². The van der Waals surface area contributed by atoms with Gasteiger partial charge in [0.05, 0.1) is 6.07 Å². The van der Waals surface area contributed by atoms with Crippen LogP contribution in [0.1, 0.15) is 22.3 Å². The van der Waals surface area contributed by atoms with Crippen LogP contribution in [-0.4, -0.2) is 5.24 Å². The molecule has 0 aliphatic rings. The van der Waals surface area contributed by atoms with Gasteiger partial charge in [-0.1, -0.05) is 12.1 Å². The molecule has 0 spiro atoms. The predicted molar refractivity (Wildman–Crippen MR) is 50.6 cm³/mol. The summed E-state index contributed by atoms with van der Waals surface area (Å²) in [7, 11) is 0. The van der Waals surface area contributed by atoms with E-state index >= 15 is 0 Å². The average molecular weight is 194 g/mol. The van der Waals surface area contributed by atoms with Gasteiger partial charge in [-0.3, -0.25) is 4.79 Å². The average Bonchev–Trinajstić information content (AvgIpc) is 2.15. The van der Waals surface area contributed by atoms with Gasteiger partial charge in [0.25, 0.3) is 5.24 Å². The summed E-state index contributed by atoms with van der Waals surface area (Å²) in [6, 6.07) is 9.02. The van der Waals surface area contributed by atoms with Gasteiger partial charge >= 0.3 is 0 Å². The predicted octanol–water partition coefficient (Wildman–Crippen LogP) is 2.52. The zero-order valence-electron chi connectivity index (χ0n) is 6.96. The van der Waals surface area contributed by atoms with E-state index < -0.39 is 5.24 Å². The Morgan fingerprint density at radius 3 is 2.46 bits per heavy atom. The second-order valence-electron chi connectivity index (χ2n) is 2.63. The van der Waals surface area contributed by atoms with Crippen molar-refractivity contribution >= 4 is 16.8 Å². The Bertz CT molecular complexity index is 337. The first-order valence-corrected chi connectivity index (χ1v) is 4.27. The topological polar surface area (TPSA) is 40.9 Å². The largest absolute Gasteiger partial charge is 0.276 e. The van der Waals surface area contributed by atoms with Crippen LogP contribution in [0.5, 0.6) is 0 Å².